The lowest BCUT2D eigenvalue weighted by Gasteiger charge is -2.40. The van der Waals surface area contributed by atoms with Gasteiger partial charge >= 0.3 is 17.2 Å². The van der Waals surface area contributed by atoms with E-state index in [0.717, 1.165) is 42.4 Å². The van der Waals surface area contributed by atoms with Gasteiger partial charge in [0.15, 0.2) is 0 Å². The Kier molecular flexibility index (Phi) is 16.0. The Bertz CT molecular complexity index is 1090. The van der Waals surface area contributed by atoms with E-state index in [4.69, 9.17) is 13.8 Å². The standard InChI is InChI=1S/C33H54O8P2/c1-22(2)13-26-9-11-30(28(17-26)15-24(5)6)32(33(19-34,20-39-42(35)36)21-40-43(37)38)41-31-12-10-27(14-23(3)4)18-29(31)16-25(7)8/h9-12,17-18,22-25,32,34-38H,13-16,19-21H2,1-8H3. The molecular formula is C33H54O8P2. The van der Waals surface area contributed by atoms with E-state index in [1.54, 1.807) is 0 Å². The predicted octanol–water partition coefficient (Wildman–Crippen LogP) is 7.04. The SMILES string of the molecule is CC(C)Cc1ccc(OC(c2ccc(CC(C)C)cc2CC(C)C)C(CO)(COP(O)O)COP(O)O)c(CC(C)C)c1. The number of ether oxygens (including phenoxy) is 1. The second kappa shape index (κ2) is 18.1. The molecule has 5 N–H and O–H groups in total. The van der Waals surface area contributed by atoms with Crippen LogP contribution >= 0.6 is 17.2 Å². The summed E-state index contributed by atoms with van der Waals surface area (Å²) in [6, 6.07) is 12.5. The molecule has 0 saturated heterocycles. The Balaban J connectivity index is 2.83. The quantitative estimate of drug-likeness (QED) is 0.104. The Morgan fingerprint density at radius 3 is 1.51 bits per heavy atom. The van der Waals surface area contributed by atoms with Gasteiger partial charge < -0.3 is 38.5 Å². The molecule has 2 rings (SSSR count). The molecule has 1 atom stereocenters. The molecule has 0 fully saturated rings. The van der Waals surface area contributed by atoms with Crippen LogP contribution in [-0.2, 0) is 34.7 Å². The van der Waals surface area contributed by atoms with Gasteiger partial charge in [-0.1, -0.05) is 85.7 Å². The Morgan fingerprint density at radius 2 is 1.07 bits per heavy atom. The van der Waals surface area contributed by atoms with Gasteiger partial charge in [0, 0.05) is 0 Å². The van der Waals surface area contributed by atoms with Gasteiger partial charge in [0.2, 0.25) is 0 Å². The summed E-state index contributed by atoms with van der Waals surface area (Å²) < 4.78 is 17.6. The highest BCUT2D eigenvalue weighted by molar-refractivity contribution is 7.39. The molecule has 43 heavy (non-hydrogen) atoms. The van der Waals surface area contributed by atoms with Crippen LogP contribution in [0.25, 0.3) is 0 Å². The smallest absolute Gasteiger partial charge is 0.327 e. The van der Waals surface area contributed by atoms with Crippen LogP contribution < -0.4 is 4.74 Å². The van der Waals surface area contributed by atoms with E-state index >= 15 is 0 Å². The molecule has 0 aliphatic carbocycles. The molecule has 0 aliphatic rings. The zero-order valence-corrected chi connectivity index (χ0v) is 28.9. The van der Waals surface area contributed by atoms with Crippen LogP contribution in [0.2, 0.25) is 0 Å². The molecule has 8 nitrogen and oxygen atoms in total. The molecule has 2 aromatic carbocycles. The van der Waals surface area contributed by atoms with Gasteiger partial charge in [-0.2, -0.15) is 0 Å². The zero-order valence-electron chi connectivity index (χ0n) is 27.2. The Morgan fingerprint density at radius 1 is 0.628 bits per heavy atom. The van der Waals surface area contributed by atoms with Gasteiger partial charge in [0.05, 0.1) is 25.2 Å². The lowest BCUT2D eigenvalue weighted by molar-refractivity contribution is -0.0660. The Hall–Kier alpha value is -1.18. The molecule has 0 amide bonds. The molecule has 0 aromatic heterocycles. The van der Waals surface area contributed by atoms with E-state index in [1.807, 2.05) is 12.1 Å². The lowest BCUT2D eigenvalue weighted by Crippen LogP contribution is -2.44. The molecule has 0 spiro atoms. The van der Waals surface area contributed by atoms with Crippen LogP contribution in [0.5, 0.6) is 5.75 Å². The highest BCUT2D eigenvalue weighted by Crippen LogP contribution is 2.45. The minimum atomic E-state index is -2.76. The van der Waals surface area contributed by atoms with Crippen molar-refractivity contribution in [2.45, 2.75) is 87.2 Å². The third kappa shape index (κ3) is 12.6. The van der Waals surface area contributed by atoms with Crippen molar-refractivity contribution < 1.29 is 38.5 Å². The van der Waals surface area contributed by atoms with Gasteiger partial charge in [-0.05, 0) is 83.2 Å². The number of rotatable bonds is 19. The van der Waals surface area contributed by atoms with E-state index < -0.39 is 35.3 Å². The third-order valence-electron chi connectivity index (χ3n) is 7.21. The van der Waals surface area contributed by atoms with Crippen LogP contribution in [0.3, 0.4) is 0 Å². The summed E-state index contributed by atoms with van der Waals surface area (Å²) in [5.41, 5.74) is 3.89. The summed E-state index contributed by atoms with van der Waals surface area (Å²) in [6.07, 6.45) is 2.47. The third-order valence-corrected chi connectivity index (χ3v) is 7.93. The second-order valence-electron chi connectivity index (χ2n) is 13.4. The average Bonchev–Trinajstić information content (AvgIpc) is 2.88. The summed E-state index contributed by atoms with van der Waals surface area (Å²) in [4.78, 5) is 38.8. The summed E-state index contributed by atoms with van der Waals surface area (Å²) in [5, 5.41) is 11.0. The van der Waals surface area contributed by atoms with Gasteiger partial charge in [-0.15, -0.1) is 0 Å². The van der Waals surface area contributed by atoms with Gasteiger partial charge in [-0.25, -0.2) is 0 Å². The normalized spacial score (nSPS) is 13.4. The summed E-state index contributed by atoms with van der Waals surface area (Å²) in [6.45, 7) is 16.1. The number of aliphatic hydroxyl groups is 1. The maximum atomic E-state index is 11.0. The molecule has 1 unspecified atom stereocenters. The first-order valence-electron chi connectivity index (χ1n) is 15.3. The van der Waals surface area contributed by atoms with Crippen LogP contribution in [0.1, 0.15) is 89.3 Å². The molecule has 0 bridgehead atoms. The van der Waals surface area contributed by atoms with E-state index in [-0.39, 0.29) is 13.2 Å². The molecular weight excluding hydrogens is 586 g/mol. The minimum Gasteiger partial charge on any atom is -0.485 e. The molecule has 0 saturated carbocycles. The zero-order chi connectivity index (χ0) is 32.3. The first kappa shape index (κ1) is 38.0. The number of aliphatic hydroxyl groups excluding tert-OH is 1. The summed E-state index contributed by atoms with van der Waals surface area (Å²) >= 11 is 0. The van der Waals surface area contributed by atoms with Crippen molar-refractivity contribution in [2.24, 2.45) is 29.1 Å². The van der Waals surface area contributed by atoms with Crippen molar-refractivity contribution in [2.75, 3.05) is 19.8 Å². The topological polar surface area (TPSA) is 129 Å². The van der Waals surface area contributed by atoms with Crippen LogP contribution in [0.15, 0.2) is 36.4 Å². The van der Waals surface area contributed by atoms with E-state index in [9.17, 15) is 24.7 Å². The van der Waals surface area contributed by atoms with Crippen molar-refractivity contribution in [3.8, 4) is 5.75 Å². The molecule has 0 radical (unpaired) electrons. The van der Waals surface area contributed by atoms with Gasteiger partial charge in [-0.3, -0.25) is 0 Å². The molecule has 10 heteroatoms. The molecule has 2 aromatic rings. The van der Waals surface area contributed by atoms with E-state index in [0.29, 0.717) is 29.4 Å². The molecule has 0 heterocycles. The fourth-order valence-electron chi connectivity index (χ4n) is 5.46. The average molecular weight is 641 g/mol. The lowest BCUT2D eigenvalue weighted by atomic mass is 9.77. The van der Waals surface area contributed by atoms with Crippen molar-refractivity contribution in [3.63, 3.8) is 0 Å². The largest absolute Gasteiger partial charge is 0.485 e. The highest BCUT2D eigenvalue weighted by atomic mass is 31.2. The number of hydrogen-bond acceptors (Lipinski definition) is 8. The summed E-state index contributed by atoms with van der Waals surface area (Å²) in [7, 11) is -5.52. The fraction of sp³-hybridized carbons (Fsp3) is 0.636. The van der Waals surface area contributed by atoms with Crippen LogP contribution in [-0.4, -0.2) is 44.5 Å². The van der Waals surface area contributed by atoms with Crippen molar-refractivity contribution in [1.82, 2.24) is 0 Å². The first-order chi connectivity index (χ1) is 20.1. The van der Waals surface area contributed by atoms with Crippen LogP contribution in [0, 0.1) is 29.1 Å². The van der Waals surface area contributed by atoms with Gasteiger partial charge in [0.1, 0.15) is 11.9 Å². The van der Waals surface area contributed by atoms with Gasteiger partial charge in [0.25, 0.3) is 0 Å². The minimum absolute atomic E-state index is 0.321. The van der Waals surface area contributed by atoms with E-state index in [1.165, 1.54) is 11.1 Å². The maximum Gasteiger partial charge on any atom is 0.327 e. The second-order valence-corrected chi connectivity index (χ2v) is 15.0. The maximum absolute atomic E-state index is 11.0. The number of benzene rings is 2. The fourth-order valence-corrected chi connectivity index (χ4v) is 6.21. The van der Waals surface area contributed by atoms with Crippen molar-refractivity contribution in [1.29, 1.82) is 0 Å². The number of hydrogen-bond donors (Lipinski definition) is 5. The molecule has 0 aliphatic heterocycles. The van der Waals surface area contributed by atoms with Crippen molar-refractivity contribution >= 4 is 17.2 Å². The van der Waals surface area contributed by atoms with E-state index in [2.05, 4.69) is 79.7 Å². The highest BCUT2D eigenvalue weighted by Gasteiger charge is 2.45. The predicted molar refractivity (Wildman–Crippen MR) is 175 cm³/mol. The first-order valence-corrected chi connectivity index (χ1v) is 17.6. The monoisotopic (exact) mass is 640 g/mol. The Labute approximate surface area is 261 Å². The van der Waals surface area contributed by atoms with Crippen molar-refractivity contribution in [3.05, 3.63) is 64.2 Å². The van der Waals surface area contributed by atoms with Crippen LogP contribution in [0.4, 0.5) is 0 Å². The summed E-state index contributed by atoms with van der Waals surface area (Å²) in [5.74, 6) is 2.28. The molecule has 244 valence electrons.